The normalized spacial score (nSPS) is 22.3. The summed E-state index contributed by atoms with van der Waals surface area (Å²) in [6.45, 7) is 4.27. The Balaban J connectivity index is 1.29. The van der Waals surface area contributed by atoms with Crippen LogP contribution in [0.2, 0.25) is 5.02 Å². The van der Waals surface area contributed by atoms with Crippen LogP contribution in [0.4, 0.5) is 15.8 Å². The van der Waals surface area contributed by atoms with Crippen LogP contribution >= 0.6 is 11.6 Å². The van der Waals surface area contributed by atoms with Gasteiger partial charge in [-0.25, -0.2) is 4.39 Å². The summed E-state index contributed by atoms with van der Waals surface area (Å²) < 4.78 is 13.7. The maximum atomic E-state index is 13.7. The molecule has 2 aromatic rings. The highest BCUT2D eigenvalue weighted by molar-refractivity contribution is 6.33. The molecule has 0 aromatic heterocycles. The minimum atomic E-state index is -0.255. The number of hydrogen-bond donors (Lipinski definition) is 0. The van der Waals surface area contributed by atoms with Crippen LogP contribution in [0, 0.1) is 11.7 Å². The molecule has 0 bridgehead atoms. The Bertz CT molecular complexity index is 985. The first kappa shape index (κ1) is 22.7. The van der Waals surface area contributed by atoms with Gasteiger partial charge in [-0.2, -0.15) is 0 Å². The van der Waals surface area contributed by atoms with E-state index in [2.05, 4.69) is 39.0 Å². The zero-order valence-corrected chi connectivity index (χ0v) is 19.9. The number of nitrogens with zero attached hydrogens (tertiary/aromatic N) is 3. The molecule has 33 heavy (non-hydrogen) atoms. The lowest BCUT2D eigenvalue weighted by molar-refractivity contribution is -0.124. The molecule has 1 saturated carbocycles. The zero-order valence-electron chi connectivity index (χ0n) is 19.2. The summed E-state index contributed by atoms with van der Waals surface area (Å²) in [5.74, 6) is 0.242. The fourth-order valence-corrected chi connectivity index (χ4v) is 6.06. The highest BCUT2D eigenvalue weighted by atomic mass is 35.5. The Morgan fingerprint density at radius 1 is 0.939 bits per heavy atom. The van der Waals surface area contributed by atoms with Crippen molar-refractivity contribution < 1.29 is 9.18 Å². The molecule has 2 aliphatic heterocycles. The molecule has 1 unspecified atom stereocenters. The van der Waals surface area contributed by atoms with Gasteiger partial charge in [0, 0.05) is 50.4 Å². The van der Waals surface area contributed by atoms with E-state index in [0.29, 0.717) is 10.9 Å². The average molecular weight is 470 g/mol. The number of hydrogen-bond acceptors (Lipinski definition) is 3. The molecule has 1 saturated heterocycles. The number of fused-ring (bicyclic) bond motifs is 1. The topological polar surface area (TPSA) is 26.8 Å². The van der Waals surface area contributed by atoms with Crippen LogP contribution in [-0.4, -0.2) is 49.6 Å². The van der Waals surface area contributed by atoms with E-state index in [9.17, 15) is 9.18 Å². The number of halogens is 2. The predicted molar refractivity (Wildman–Crippen MR) is 133 cm³/mol. The molecule has 1 aliphatic carbocycles. The van der Waals surface area contributed by atoms with Gasteiger partial charge in [-0.15, -0.1) is 0 Å². The summed E-state index contributed by atoms with van der Waals surface area (Å²) >= 11 is 6.33. The molecule has 4 nitrogen and oxygen atoms in total. The number of para-hydroxylation sites is 1. The van der Waals surface area contributed by atoms with E-state index in [-0.39, 0.29) is 17.8 Å². The van der Waals surface area contributed by atoms with E-state index in [4.69, 9.17) is 11.6 Å². The van der Waals surface area contributed by atoms with Crippen molar-refractivity contribution in [3.05, 3.63) is 58.9 Å². The Morgan fingerprint density at radius 2 is 1.70 bits per heavy atom. The summed E-state index contributed by atoms with van der Waals surface area (Å²) in [7, 11) is 0. The molecule has 0 radical (unpaired) electrons. The van der Waals surface area contributed by atoms with Crippen molar-refractivity contribution in [3.63, 3.8) is 0 Å². The van der Waals surface area contributed by atoms with Gasteiger partial charge in [-0.1, -0.05) is 49.1 Å². The number of anilines is 2. The van der Waals surface area contributed by atoms with E-state index < -0.39 is 0 Å². The van der Waals surface area contributed by atoms with Crippen molar-refractivity contribution in [3.8, 4) is 0 Å². The molecular weight excluding hydrogens is 437 g/mol. The van der Waals surface area contributed by atoms with Crippen LogP contribution in [0.5, 0.6) is 0 Å². The Hall–Kier alpha value is -2.11. The van der Waals surface area contributed by atoms with Gasteiger partial charge in [0.15, 0.2) is 0 Å². The Labute approximate surface area is 201 Å². The third-order valence-electron chi connectivity index (χ3n) is 7.65. The second-order valence-corrected chi connectivity index (χ2v) is 10.2. The highest BCUT2D eigenvalue weighted by Gasteiger charge is 2.36. The summed E-state index contributed by atoms with van der Waals surface area (Å²) in [5, 5.41) is 0.595. The van der Waals surface area contributed by atoms with E-state index in [1.54, 1.807) is 6.07 Å². The molecule has 5 rings (SSSR count). The number of carbonyl (C=O) groups excluding carboxylic acids is 1. The first-order valence-electron chi connectivity index (χ1n) is 12.4. The molecule has 1 atom stereocenters. The maximum Gasteiger partial charge on any atom is 0.230 e. The fourth-order valence-electron chi connectivity index (χ4n) is 5.82. The summed E-state index contributed by atoms with van der Waals surface area (Å²) in [4.78, 5) is 20.5. The van der Waals surface area contributed by atoms with Gasteiger partial charge in [0.25, 0.3) is 0 Å². The third-order valence-corrected chi connectivity index (χ3v) is 7.96. The zero-order chi connectivity index (χ0) is 22.8. The quantitative estimate of drug-likeness (QED) is 0.589. The van der Waals surface area contributed by atoms with E-state index in [1.165, 1.54) is 37.0 Å². The molecule has 2 heterocycles. The standard InChI is InChI=1S/C27H33ClFN3O/c28-24-13-11-22(29)18-26(24)31-16-14-30(15-17-31)19-23-12-10-20-6-4-5-9-25(20)32(23)27(33)21-7-2-1-3-8-21/h4-6,9,11,13,18,21,23H,1-3,7-8,10,12,14-17,19H2. The van der Waals surface area contributed by atoms with E-state index in [0.717, 1.165) is 69.8 Å². The number of amides is 1. The predicted octanol–water partition coefficient (Wildman–Crippen LogP) is 5.53. The SMILES string of the molecule is O=C(C1CCCCC1)N1c2ccccc2CCC1CN1CCN(c2cc(F)ccc2Cl)CC1. The van der Waals surface area contributed by atoms with Crippen molar-refractivity contribution in [2.75, 3.05) is 42.5 Å². The largest absolute Gasteiger partial charge is 0.368 e. The number of benzene rings is 2. The molecule has 3 aliphatic rings. The summed E-state index contributed by atoms with van der Waals surface area (Å²) in [6, 6.07) is 13.2. The van der Waals surface area contributed by atoms with Crippen molar-refractivity contribution >= 4 is 28.9 Å². The van der Waals surface area contributed by atoms with Gasteiger partial charge in [-0.3, -0.25) is 9.69 Å². The molecule has 176 valence electrons. The van der Waals surface area contributed by atoms with Crippen LogP contribution in [0.3, 0.4) is 0 Å². The fraction of sp³-hybridized carbons (Fsp3) is 0.519. The molecule has 6 heteroatoms. The van der Waals surface area contributed by atoms with Gasteiger partial charge < -0.3 is 9.80 Å². The number of aryl methyl sites for hydroxylation is 1. The van der Waals surface area contributed by atoms with Crippen LogP contribution in [0.25, 0.3) is 0 Å². The smallest absolute Gasteiger partial charge is 0.230 e. The van der Waals surface area contributed by atoms with Crippen LogP contribution in [-0.2, 0) is 11.2 Å². The van der Waals surface area contributed by atoms with E-state index >= 15 is 0 Å². The lowest BCUT2D eigenvalue weighted by Crippen LogP contribution is -2.55. The van der Waals surface area contributed by atoms with Crippen molar-refractivity contribution in [2.45, 2.75) is 51.0 Å². The molecular formula is C27H33ClFN3O. The minimum Gasteiger partial charge on any atom is -0.368 e. The van der Waals surface area contributed by atoms with E-state index in [1.807, 2.05) is 0 Å². The lowest BCUT2D eigenvalue weighted by Gasteiger charge is -2.43. The van der Waals surface area contributed by atoms with Gasteiger partial charge in [0.1, 0.15) is 5.82 Å². The Morgan fingerprint density at radius 3 is 2.48 bits per heavy atom. The van der Waals surface area contributed by atoms with Crippen LogP contribution < -0.4 is 9.80 Å². The molecule has 0 spiro atoms. The molecule has 2 aromatic carbocycles. The summed E-state index contributed by atoms with van der Waals surface area (Å²) in [6.07, 6.45) is 7.67. The van der Waals surface area contributed by atoms with Gasteiger partial charge in [-0.05, 0) is 55.5 Å². The van der Waals surface area contributed by atoms with Crippen molar-refractivity contribution in [1.29, 1.82) is 0 Å². The number of piperazine rings is 1. The third kappa shape index (κ3) is 4.90. The first-order chi connectivity index (χ1) is 16.1. The average Bonchev–Trinajstić information content (AvgIpc) is 2.86. The van der Waals surface area contributed by atoms with Crippen LogP contribution in [0.15, 0.2) is 42.5 Å². The molecule has 2 fully saturated rings. The second-order valence-electron chi connectivity index (χ2n) is 9.75. The van der Waals surface area contributed by atoms with Crippen LogP contribution in [0.1, 0.15) is 44.1 Å². The molecule has 0 N–H and O–H groups in total. The van der Waals surface area contributed by atoms with Crippen molar-refractivity contribution in [1.82, 2.24) is 4.90 Å². The highest BCUT2D eigenvalue weighted by Crippen LogP contribution is 2.35. The first-order valence-corrected chi connectivity index (χ1v) is 12.8. The van der Waals surface area contributed by atoms with Gasteiger partial charge in [0.2, 0.25) is 5.91 Å². The number of rotatable bonds is 4. The summed E-state index contributed by atoms with van der Waals surface area (Å²) in [5.41, 5.74) is 3.19. The minimum absolute atomic E-state index is 0.166. The monoisotopic (exact) mass is 469 g/mol. The van der Waals surface area contributed by atoms with Gasteiger partial charge >= 0.3 is 0 Å². The Kier molecular flexibility index (Phi) is 6.89. The van der Waals surface area contributed by atoms with Gasteiger partial charge in [0.05, 0.1) is 10.7 Å². The maximum absolute atomic E-state index is 13.7. The molecule has 1 amide bonds. The van der Waals surface area contributed by atoms with Crippen molar-refractivity contribution in [2.24, 2.45) is 5.92 Å². The lowest BCUT2D eigenvalue weighted by atomic mass is 9.86. The number of carbonyl (C=O) groups is 1. The second kappa shape index (κ2) is 10.0.